The largest absolute Gasteiger partial charge is 0.444 e. The summed E-state index contributed by atoms with van der Waals surface area (Å²) in [6.07, 6.45) is 0.909. The SMILES string of the molecule is CC(C)(C)OC(=O)N1CCCC(O)C1.CCN(CC)CC. The van der Waals surface area contributed by atoms with Crippen LogP contribution in [0.25, 0.3) is 0 Å². The smallest absolute Gasteiger partial charge is 0.410 e. The van der Waals surface area contributed by atoms with Crippen molar-refractivity contribution >= 4 is 6.09 Å². The predicted molar refractivity (Wildman–Crippen MR) is 86.5 cm³/mol. The molecule has 126 valence electrons. The summed E-state index contributed by atoms with van der Waals surface area (Å²) in [6.45, 7) is 16.7. The Morgan fingerprint density at radius 1 is 1.24 bits per heavy atom. The van der Waals surface area contributed by atoms with Crippen molar-refractivity contribution in [2.45, 2.75) is 66.1 Å². The van der Waals surface area contributed by atoms with Crippen molar-refractivity contribution in [2.24, 2.45) is 0 Å². The average molecular weight is 302 g/mol. The molecule has 0 spiro atoms. The number of ether oxygens (including phenoxy) is 1. The van der Waals surface area contributed by atoms with Crippen LogP contribution in [0.3, 0.4) is 0 Å². The zero-order valence-electron chi connectivity index (χ0n) is 14.7. The molecule has 1 amide bonds. The van der Waals surface area contributed by atoms with Crippen LogP contribution in [0.2, 0.25) is 0 Å². The van der Waals surface area contributed by atoms with Crippen LogP contribution in [0.15, 0.2) is 0 Å². The highest BCUT2D eigenvalue weighted by molar-refractivity contribution is 5.68. The van der Waals surface area contributed by atoms with Gasteiger partial charge >= 0.3 is 6.09 Å². The van der Waals surface area contributed by atoms with Crippen molar-refractivity contribution in [1.29, 1.82) is 0 Å². The highest BCUT2D eigenvalue weighted by Gasteiger charge is 2.26. The van der Waals surface area contributed by atoms with Crippen molar-refractivity contribution < 1.29 is 14.6 Å². The van der Waals surface area contributed by atoms with Gasteiger partial charge in [-0.05, 0) is 53.2 Å². The minimum absolute atomic E-state index is 0.323. The number of amides is 1. The Hall–Kier alpha value is -0.810. The molecule has 21 heavy (non-hydrogen) atoms. The van der Waals surface area contributed by atoms with E-state index in [-0.39, 0.29) is 6.09 Å². The standard InChI is InChI=1S/C10H19NO3.C6H15N/c1-10(2,3)14-9(13)11-6-4-5-8(12)7-11;1-4-7(5-2)6-3/h8,12H,4-7H2,1-3H3;4-6H2,1-3H3. The summed E-state index contributed by atoms with van der Waals surface area (Å²) in [5, 5.41) is 9.38. The van der Waals surface area contributed by atoms with E-state index in [4.69, 9.17) is 4.74 Å². The van der Waals surface area contributed by atoms with Gasteiger partial charge < -0.3 is 19.6 Å². The second-order valence-corrected chi connectivity index (χ2v) is 6.34. The lowest BCUT2D eigenvalue weighted by molar-refractivity contribution is 0.00391. The van der Waals surface area contributed by atoms with Crippen LogP contribution >= 0.6 is 0 Å². The number of nitrogens with zero attached hydrogens (tertiary/aromatic N) is 2. The Bertz CT molecular complexity index is 280. The lowest BCUT2D eigenvalue weighted by atomic mass is 10.1. The van der Waals surface area contributed by atoms with E-state index < -0.39 is 11.7 Å². The zero-order valence-corrected chi connectivity index (χ0v) is 14.7. The van der Waals surface area contributed by atoms with E-state index >= 15 is 0 Å². The zero-order chi connectivity index (χ0) is 16.5. The number of aliphatic hydroxyl groups is 1. The highest BCUT2D eigenvalue weighted by Crippen LogP contribution is 2.14. The van der Waals surface area contributed by atoms with Crippen LogP contribution in [0.1, 0.15) is 54.4 Å². The third-order valence-electron chi connectivity index (χ3n) is 3.39. The molecule has 1 aliphatic rings. The van der Waals surface area contributed by atoms with E-state index in [0.29, 0.717) is 13.1 Å². The molecule has 0 aromatic carbocycles. The molecule has 1 N–H and O–H groups in total. The van der Waals surface area contributed by atoms with Crippen molar-refractivity contribution in [3.8, 4) is 0 Å². The molecule has 0 aromatic rings. The van der Waals surface area contributed by atoms with E-state index in [9.17, 15) is 9.90 Å². The topological polar surface area (TPSA) is 53.0 Å². The first-order valence-corrected chi connectivity index (χ1v) is 8.11. The summed E-state index contributed by atoms with van der Waals surface area (Å²) in [5.74, 6) is 0. The predicted octanol–water partition coefficient (Wildman–Crippen LogP) is 2.73. The molecule has 1 rings (SSSR count). The fourth-order valence-corrected chi connectivity index (χ4v) is 2.12. The molecular weight excluding hydrogens is 268 g/mol. The van der Waals surface area contributed by atoms with Crippen LogP contribution in [0.5, 0.6) is 0 Å². The van der Waals surface area contributed by atoms with E-state index in [0.717, 1.165) is 12.8 Å². The molecule has 1 atom stereocenters. The summed E-state index contributed by atoms with van der Waals surface area (Å²) < 4.78 is 5.20. The van der Waals surface area contributed by atoms with E-state index in [1.165, 1.54) is 19.6 Å². The van der Waals surface area contributed by atoms with Gasteiger partial charge in [0.05, 0.1) is 6.10 Å². The number of carbonyl (C=O) groups excluding carboxylic acids is 1. The number of hydrogen-bond donors (Lipinski definition) is 1. The Labute approximate surface area is 130 Å². The monoisotopic (exact) mass is 302 g/mol. The number of piperidine rings is 1. The first-order valence-electron chi connectivity index (χ1n) is 8.11. The van der Waals surface area contributed by atoms with Gasteiger partial charge in [0.1, 0.15) is 5.60 Å². The average Bonchev–Trinajstić information content (AvgIpc) is 2.39. The fourth-order valence-electron chi connectivity index (χ4n) is 2.12. The number of aliphatic hydroxyl groups excluding tert-OH is 1. The van der Waals surface area contributed by atoms with Crippen LogP contribution < -0.4 is 0 Å². The number of hydrogen-bond acceptors (Lipinski definition) is 4. The molecule has 5 nitrogen and oxygen atoms in total. The maximum absolute atomic E-state index is 11.6. The normalized spacial score (nSPS) is 19.0. The Balaban J connectivity index is 0.000000486. The van der Waals surface area contributed by atoms with Crippen LogP contribution in [-0.2, 0) is 4.74 Å². The van der Waals surface area contributed by atoms with Crippen molar-refractivity contribution in [2.75, 3.05) is 32.7 Å². The number of carbonyl (C=O) groups is 1. The summed E-state index contributed by atoms with van der Waals surface area (Å²) in [7, 11) is 0. The van der Waals surface area contributed by atoms with Gasteiger partial charge in [-0.1, -0.05) is 20.8 Å². The lowest BCUT2D eigenvalue weighted by Gasteiger charge is -2.32. The van der Waals surface area contributed by atoms with Gasteiger partial charge in [0, 0.05) is 13.1 Å². The molecule has 0 aromatic heterocycles. The molecule has 0 bridgehead atoms. The Morgan fingerprint density at radius 3 is 2.10 bits per heavy atom. The summed E-state index contributed by atoms with van der Waals surface area (Å²) in [5.41, 5.74) is -0.459. The quantitative estimate of drug-likeness (QED) is 0.871. The third kappa shape index (κ3) is 9.69. The third-order valence-corrected chi connectivity index (χ3v) is 3.39. The second-order valence-electron chi connectivity index (χ2n) is 6.34. The van der Waals surface area contributed by atoms with Crippen LogP contribution in [0, 0.1) is 0 Å². The first-order chi connectivity index (χ1) is 9.73. The number of β-amino-alcohol motifs (C(OH)–C–C–N with tert-alkyl or cyclic N) is 1. The molecule has 5 heteroatoms. The number of rotatable bonds is 3. The van der Waals surface area contributed by atoms with Gasteiger partial charge in [-0.2, -0.15) is 0 Å². The van der Waals surface area contributed by atoms with Gasteiger partial charge in [-0.15, -0.1) is 0 Å². The van der Waals surface area contributed by atoms with Gasteiger partial charge in [-0.3, -0.25) is 0 Å². The molecule has 0 radical (unpaired) electrons. The molecule has 1 fully saturated rings. The minimum Gasteiger partial charge on any atom is -0.444 e. The summed E-state index contributed by atoms with van der Waals surface area (Å²) >= 11 is 0. The van der Waals surface area contributed by atoms with E-state index in [1.807, 2.05) is 20.8 Å². The number of likely N-dealkylation sites (tertiary alicyclic amines) is 1. The molecule has 1 heterocycles. The fraction of sp³-hybridized carbons (Fsp3) is 0.938. The summed E-state index contributed by atoms with van der Waals surface area (Å²) in [6, 6.07) is 0. The maximum atomic E-state index is 11.6. The maximum Gasteiger partial charge on any atom is 0.410 e. The first kappa shape index (κ1) is 20.2. The van der Waals surface area contributed by atoms with Gasteiger partial charge in [0.25, 0.3) is 0 Å². The molecule has 1 unspecified atom stereocenters. The molecule has 1 aliphatic heterocycles. The summed E-state index contributed by atoms with van der Waals surface area (Å²) in [4.78, 5) is 15.5. The van der Waals surface area contributed by atoms with Crippen LogP contribution in [0.4, 0.5) is 4.79 Å². The van der Waals surface area contributed by atoms with Crippen molar-refractivity contribution in [3.63, 3.8) is 0 Å². The molecule has 0 aliphatic carbocycles. The Morgan fingerprint density at radius 2 is 1.76 bits per heavy atom. The van der Waals surface area contributed by atoms with Crippen molar-refractivity contribution in [1.82, 2.24) is 9.80 Å². The van der Waals surface area contributed by atoms with Crippen LogP contribution in [-0.4, -0.2) is 65.4 Å². The van der Waals surface area contributed by atoms with Gasteiger partial charge in [0.2, 0.25) is 0 Å². The van der Waals surface area contributed by atoms with Crippen molar-refractivity contribution in [3.05, 3.63) is 0 Å². The van der Waals surface area contributed by atoms with Gasteiger partial charge in [0.15, 0.2) is 0 Å². The molecular formula is C16H34N2O3. The van der Waals surface area contributed by atoms with Gasteiger partial charge in [-0.25, -0.2) is 4.79 Å². The Kier molecular flexibility index (Phi) is 9.62. The minimum atomic E-state index is -0.459. The molecule has 1 saturated heterocycles. The second kappa shape index (κ2) is 10.0. The van der Waals surface area contributed by atoms with E-state index in [1.54, 1.807) is 4.90 Å². The lowest BCUT2D eigenvalue weighted by Crippen LogP contribution is -2.44. The molecule has 0 saturated carbocycles. The highest BCUT2D eigenvalue weighted by atomic mass is 16.6. The van der Waals surface area contributed by atoms with E-state index in [2.05, 4.69) is 25.7 Å².